The van der Waals surface area contributed by atoms with E-state index in [2.05, 4.69) is 10.1 Å². The monoisotopic (exact) mass is 366 g/mol. The van der Waals surface area contributed by atoms with Gasteiger partial charge in [-0.3, -0.25) is 0 Å². The third-order valence-electron chi connectivity index (χ3n) is 3.85. The van der Waals surface area contributed by atoms with Crippen molar-refractivity contribution in [1.82, 2.24) is 9.62 Å². The zero-order valence-electron chi connectivity index (χ0n) is 13.5. The van der Waals surface area contributed by atoms with Crippen molar-refractivity contribution in [1.29, 1.82) is 0 Å². The van der Waals surface area contributed by atoms with Crippen LogP contribution in [0.15, 0.2) is 15.4 Å². The van der Waals surface area contributed by atoms with Crippen LogP contribution in [-0.4, -0.2) is 52.5 Å². The molecule has 1 aliphatic heterocycles. The van der Waals surface area contributed by atoms with Gasteiger partial charge in [0.15, 0.2) is 0 Å². The topological polar surface area (TPSA) is 88.9 Å². The van der Waals surface area contributed by atoms with Crippen LogP contribution < -0.4 is 5.32 Å². The first-order valence-corrected chi connectivity index (χ1v) is 8.67. The quantitative estimate of drug-likeness (QED) is 0.793. The third-order valence-corrected chi connectivity index (χ3v) is 5.82. The van der Waals surface area contributed by atoms with E-state index < -0.39 is 16.0 Å². The van der Waals surface area contributed by atoms with Gasteiger partial charge in [-0.1, -0.05) is 0 Å². The number of furan rings is 1. The van der Waals surface area contributed by atoms with E-state index in [1.54, 1.807) is 0 Å². The minimum absolute atomic E-state index is 0. The lowest BCUT2D eigenvalue weighted by Gasteiger charge is -2.31. The number of methoxy groups -OCH3 is 1. The van der Waals surface area contributed by atoms with Crippen molar-refractivity contribution in [3.8, 4) is 0 Å². The molecule has 1 atom stereocenters. The van der Waals surface area contributed by atoms with E-state index in [0.29, 0.717) is 19.0 Å². The number of hydrogen-bond donors (Lipinski definition) is 1. The van der Waals surface area contributed by atoms with Crippen LogP contribution >= 0.6 is 12.4 Å². The van der Waals surface area contributed by atoms with E-state index in [1.807, 2.05) is 7.05 Å². The van der Waals surface area contributed by atoms with Gasteiger partial charge in [-0.2, -0.15) is 4.31 Å². The largest absolute Gasteiger partial charge is 0.463 e. The van der Waals surface area contributed by atoms with E-state index in [1.165, 1.54) is 24.4 Å². The molecule has 2 rings (SSSR count). The predicted molar refractivity (Wildman–Crippen MR) is 87.4 cm³/mol. The van der Waals surface area contributed by atoms with Crippen LogP contribution in [0.5, 0.6) is 0 Å². The fraction of sp³-hybridized carbons (Fsp3) is 0.643. The first kappa shape index (κ1) is 20.0. The van der Waals surface area contributed by atoms with E-state index in [0.717, 1.165) is 19.4 Å². The molecular formula is C14H23ClN2O5S. The molecule has 2 heterocycles. The van der Waals surface area contributed by atoms with Crippen molar-refractivity contribution in [2.75, 3.05) is 33.8 Å². The summed E-state index contributed by atoms with van der Waals surface area (Å²) in [7, 11) is -0.580. The number of hydrogen-bond acceptors (Lipinski definition) is 6. The fourth-order valence-electron chi connectivity index (χ4n) is 2.76. The minimum Gasteiger partial charge on any atom is -0.463 e. The summed E-state index contributed by atoms with van der Waals surface area (Å²) in [5, 5.41) is 3.09. The molecule has 0 aromatic carbocycles. The molecule has 9 heteroatoms. The van der Waals surface area contributed by atoms with Gasteiger partial charge < -0.3 is 14.5 Å². The molecule has 1 aromatic heterocycles. The Morgan fingerprint density at radius 1 is 1.52 bits per heavy atom. The molecule has 0 bridgehead atoms. The van der Waals surface area contributed by atoms with E-state index in [4.69, 9.17) is 4.42 Å². The third kappa shape index (κ3) is 4.26. The van der Waals surface area contributed by atoms with Crippen molar-refractivity contribution < 1.29 is 22.4 Å². The lowest BCUT2D eigenvalue weighted by molar-refractivity contribution is 0.0563. The second kappa shape index (κ2) is 8.14. The van der Waals surface area contributed by atoms with Crippen molar-refractivity contribution in [3.63, 3.8) is 0 Å². The Kier molecular flexibility index (Phi) is 7.06. The van der Waals surface area contributed by atoms with Gasteiger partial charge in [-0.15, -0.1) is 12.4 Å². The normalized spacial score (nSPS) is 19.2. The number of aryl methyl sites for hydroxylation is 1. The molecule has 0 radical (unpaired) electrons. The summed E-state index contributed by atoms with van der Waals surface area (Å²) in [6.45, 7) is 3.28. The summed E-state index contributed by atoms with van der Waals surface area (Å²) < 4.78 is 36.8. The van der Waals surface area contributed by atoms with Crippen molar-refractivity contribution in [3.05, 3.63) is 17.6 Å². The number of carbonyl (C=O) groups excluding carboxylic acids is 1. The summed E-state index contributed by atoms with van der Waals surface area (Å²) >= 11 is 0. The number of carbonyl (C=O) groups is 1. The first-order chi connectivity index (χ1) is 10.4. The molecule has 1 aromatic rings. The number of esters is 1. The maximum absolute atomic E-state index is 12.8. The van der Waals surface area contributed by atoms with Gasteiger partial charge >= 0.3 is 5.97 Å². The molecule has 132 valence electrons. The standard InChI is InChI=1S/C14H22N2O5S.ClH/c1-10-13(7-12(21-10)14(17)20-3)22(18,19)16-6-4-5-11(9-16)8-15-2;/h7,11,15H,4-6,8-9H2,1-3H3;1H. The maximum Gasteiger partial charge on any atom is 0.373 e. The van der Waals surface area contributed by atoms with Gasteiger partial charge in [0.05, 0.1) is 7.11 Å². The predicted octanol–water partition coefficient (Wildman–Crippen LogP) is 1.42. The average molecular weight is 367 g/mol. The Bertz CT molecular complexity index is 642. The van der Waals surface area contributed by atoms with E-state index in [-0.39, 0.29) is 28.8 Å². The number of ether oxygens (including phenoxy) is 1. The van der Waals surface area contributed by atoms with Gasteiger partial charge in [0, 0.05) is 19.2 Å². The van der Waals surface area contributed by atoms with Crippen LogP contribution in [0.25, 0.3) is 0 Å². The molecule has 0 saturated carbocycles. The van der Waals surface area contributed by atoms with Crippen molar-refractivity contribution in [2.45, 2.75) is 24.7 Å². The first-order valence-electron chi connectivity index (χ1n) is 7.23. The molecule has 1 N–H and O–H groups in total. The van der Waals surface area contributed by atoms with Crippen LogP contribution in [0, 0.1) is 12.8 Å². The molecule has 23 heavy (non-hydrogen) atoms. The molecule has 7 nitrogen and oxygen atoms in total. The van der Waals surface area contributed by atoms with Gasteiger partial charge in [-0.05, 0) is 39.3 Å². The van der Waals surface area contributed by atoms with Crippen LogP contribution in [0.2, 0.25) is 0 Å². The number of sulfonamides is 1. The highest BCUT2D eigenvalue weighted by Crippen LogP contribution is 2.27. The Labute approximate surface area is 142 Å². The average Bonchev–Trinajstić information content (AvgIpc) is 2.90. The summed E-state index contributed by atoms with van der Waals surface area (Å²) in [4.78, 5) is 11.5. The fourth-order valence-corrected chi connectivity index (χ4v) is 4.48. The smallest absolute Gasteiger partial charge is 0.373 e. The molecular weight excluding hydrogens is 344 g/mol. The van der Waals surface area contributed by atoms with Crippen molar-refractivity contribution in [2.24, 2.45) is 5.92 Å². The Hall–Kier alpha value is -1.09. The van der Waals surface area contributed by atoms with E-state index >= 15 is 0 Å². The highest BCUT2D eigenvalue weighted by Gasteiger charge is 2.33. The molecule has 0 spiro atoms. The summed E-state index contributed by atoms with van der Waals surface area (Å²) in [6.07, 6.45) is 1.83. The lowest BCUT2D eigenvalue weighted by atomic mass is 10.00. The SMILES string of the molecule is CNCC1CCCN(S(=O)(=O)c2cc(C(=O)OC)oc2C)C1.Cl. The van der Waals surface area contributed by atoms with E-state index in [9.17, 15) is 13.2 Å². The maximum atomic E-state index is 12.8. The lowest BCUT2D eigenvalue weighted by Crippen LogP contribution is -2.42. The Morgan fingerprint density at radius 2 is 2.22 bits per heavy atom. The highest BCUT2D eigenvalue weighted by atomic mass is 35.5. The molecule has 0 aliphatic carbocycles. The van der Waals surface area contributed by atoms with Gasteiger partial charge in [0.1, 0.15) is 10.7 Å². The number of nitrogens with zero attached hydrogens (tertiary/aromatic N) is 1. The molecule has 1 saturated heterocycles. The van der Waals surface area contributed by atoms with Crippen LogP contribution in [-0.2, 0) is 14.8 Å². The summed E-state index contributed by atoms with van der Waals surface area (Å²) in [5.74, 6) is -0.282. The zero-order chi connectivity index (χ0) is 16.3. The van der Waals surface area contributed by atoms with Crippen molar-refractivity contribution >= 4 is 28.4 Å². The highest BCUT2D eigenvalue weighted by molar-refractivity contribution is 7.89. The molecule has 0 amide bonds. The van der Waals surface area contributed by atoms with Crippen LogP contribution in [0.3, 0.4) is 0 Å². The minimum atomic E-state index is -3.66. The van der Waals surface area contributed by atoms with Gasteiger partial charge in [0.2, 0.25) is 15.8 Å². The number of nitrogens with one attached hydrogen (secondary N) is 1. The zero-order valence-corrected chi connectivity index (χ0v) is 15.1. The van der Waals surface area contributed by atoms with Gasteiger partial charge in [-0.25, -0.2) is 13.2 Å². The second-order valence-corrected chi connectivity index (χ2v) is 7.36. The van der Waals surface area contributed by atoms with Crippen LogP contribution in [0.1, 0.15) is 29.2 Å². The number of halogens is 1. The molecule has 1 aliphatic rings. The Morgan fingerprint density at radius 3 is 2.83 bits per heavy atom. The summed E-state index contributed by atoms with van der Waals surface area (Å²) in [5.41, 5.74) is 0. The molecule has 1 fully saturated rings. The van der Waals surface area contributed by atoms with Crippen LogP contribution in [0.4, 0.5) is 0 Å². The second-order valence-electron chi connectivity index (χ2n) is 5.45. The number of rotatable bonds is 5. The molecule has 1 unspecified atom stereocenters. The number of piperidine rings is 1. The van der Waals surface area contributed by atoms with Gasteiger partial charge in [0.25, 0.3) is 0 Å². The summed E-state index contributed by atoms with van der Waals surface area (Å²) in [6, 6.07) is 1.25. The Balaban J connectivity index is 0.00000264.